The summed E-state index contributed by atoms with van der Waals surface area (Å²) in [6, 6.07) is 14.7. The molecule has 2 fully saturated rings. The maximum atomic E-state index is 13.5. The van der Waals surface area contributed by atoms with Gasteiger partial charge in [-0.25, -0.2) is 9.40 Å². The number of rotatable bonds is 7. The van der Waals surface area contributed by atoms with Gasteiger partial charge in [-0.1, -0.05) is 45.0 Å². The number of nitrogens with zero attached hydrogens (tertiary/aromatic N) is 2. The van der Waals surface area contributed by atoms with Crippen molar-refractivity contribution < 1.29 is 13.9 Å². The minimum atomic E-state index is -0.243. The highest BCUT2D eigenvalue weighted by atomic mass is 19.1. The lowest BCUT2D eigenvalue weighted by Crippen LogP contribution is -2.56. The van der Waals surface area contributed by atoms with Crippen LogP contribution in [0.1, 0.15) is 44.7 Å². The number of hydrazine groups is 1. The molecule has 172 valence electrons. The zero-order valence-corrected chi connectivity index (χ0v) is 19.3. The molecule has 2 aliphatic heterocycles. The second-order valence-corrected chi connectivity index (χ2v) is 9.50. The second kappa shape index (κ2) is 9.59. The average molecular weight is 440 g/mol. The van der Waals surface area contributed by atoms with Crippen molar-refractivity contribution >= 4 is 5.91 Å². The van der Waals surface area contributed by atoms with Crippen molar-refractivity contribution in [3.63, 3.8) is 0 Å². The molecule has 0 radical (unpaired) electrons. The Balaban J connectivity index is 1.58. The molecule has 4 rings (SSSR count). The molecule has 32 heavy (non-hydrogen) atoms. The van der Waals surface area contributed by atoms with E-state index >= 15 is 0 Å². The molecule has 1 N–H and O–H groups in total. The van der Waals surface area contributed by atoms with E-state index in [1.165, 1.54) is 12.1 Å². The van der Waals surface area contributed by atoms with E-state index in [1.807, 2.05) is 41.4 Å². The van der Waals surface area contributed by atoms with Crippen LogP contribution in [0.15, 0.2) is 48.5 Å². The van der Waals surface area contributed by atoms with Crippen molar-refractivity contribution in [1.29, 1.82) is 0 Å². The molecule has 1 unspecified atom stereocenters. The van der Waals surface area contributed by atoms with Gasteiger partial charge in [0, 0.05) is 6.54 Å². The highest BCUT2D eigenvalue weighted by Crippen LogP contribution is 2.43. The lowest BCUT2D eigenvalue weighted by atomic mass is 9.78. The van der Waals surface area contributed by atoms with Gasteiger partial charge in [-0.15, -0.1) is 0 Å². The molecular formula is C26H34FN3O2. The third-order valence-corrected chi connectivity index (χ3v) is 6.79. The number of piperidine rings is 1. The van der Waals surface area contributed by atoms with Crippen LogP contribution in [0.25, 0.3) is 0 Å². The fraction of sp³-hybridized carbons (Fsp3) is 0.500. The van der Waals surface area contributed by atoms with E-state index in [-0.39, 0.29) is 23.2 Å². The van der Waals surface area contributed by atoms with Crippen LogP contribution >= 0.6 is 0 Å². The number of hydrogen-bond acceptors (Lipinski definition) is 4. The second-order valence-electron chi connectivity index (χ2n) is 9.50. The first-order valence-corrected chi connectivity index (χ1v) is 11.6. The Morgan fingerprint density at radius 3 is 2.25 bits per heavy atom. The van der Waals surface area contributed by atoms with E-state index in [1.54, 1.807) is 0 Å². The summed E-state index contributed by atoms with van der Waals surface area (Å²) in [6.45, 7) is 9.90. The van der Waals surface area contributed by atoms with Crippen LogP contribution in [-0.2, 0) is 17.9 Å². The van der Waals surface area contributed by atoms with Crippen molar-refractivity contribution in [3.05, 3.63) is 65.5 Å². The van der Waals surface area contributed by atoms with Crippen molar-refractivity contribution in [2.75, 3.05) is 19.7 Å². The Bertz CT molecular complexity index is 908. The van der Waals surface area contributed by atoms with Crippen LogP contribution < -0.4 is 10.1 Å². The molecule has 1 atom stereocenters. The number of benzene rings is 2. The Morgan fingerprint density at radius 2 is 1.62 bits per heavy atom. The topological polar surface area (TPSA) is 44.8 Å². The first kappa shape index (κ1) is 22.7. The zero-order chi connectivity index (χ0) is 22.7. The third-order valence-electron chi connectivity index (χ3n) is 6.79. The van der Waals surface area contributed by atoms with Gasteiger partial charge in [0.05, 0.1) is 24.6 Å². The Hall–Kier alpha value is -2.44. The van der Waals surface area contributed by atoms with Gasteiger partial charge in [0.25, 0.3) is 0 Å². The van der Waals surface area contributed by atoms with Crippen molar-refractivity contribution in [3.8, 4) is 5.75 Å². The third kappa shape index (κ3) is 4.66. The molecule has 6 heteroatoms. The van der Waals surface area contributed by atoms with E-state index in [0.29, 0.717) is 25.6 Å². The molecule has 2 heterocycles. The van der Waals surface area contributed by atoms with Crippen LogP contribution in [0.3, 0.4) is 0 Å². The number of carbonyl (C=O) groups excluding carboxylic acids is 1. The van der Waals surface area contributed by atoms with Crippen LogP contribution in [0.4, 0.5) is 4.39 Å². The SMILES string of the molecule is CC(C)COc1ccc(CN2C(=O)C(C)C3(CCNCC3)N2Cc2ccc(F)cc2)cc1. The van der Waals surface area contributed by atoms with Gasteiger partial charge in [-0.05, 0) is 67.2 Å². The van der Waals surface area contributed by atoms with Gasteiger partial charge in [-0.2, -0.15) is 0 Å². The van der Waals surface area contributed by atoms with Crippen molar-refractivity contribution in [2.45, 2.75) is 52.2 Å². The molecule has 1 spiro atoms. The van der Waals surface area contributed by atoms with Crippen molar-refractivity contribution in [2.24, 2.45) is 11.8 Å². The average Bonchev–Trinajstić information content (AvgIpc) is 2.97. The number of carbonyl (C=O) groups is 1. The molecule has 2 aromatic rings. The Kier molecular flexibility index (Phi) is 6.82. The molecular weight excluding hydrogens is 405 g/mol. The summed E-state index contributed by atoms with van der Waals surface area (Å²) in [4.78, 5) is 13.5. The van der Waals surface area contributed by atoms with Gasteiger partial charge in [0.1, 0.15) is 11.6 Å². The minimum absolute atomic E-state index is 0.0845. The first-order valence-electron chi connectivity index (χ1n) is 11.6. The molecule has 0 saturated carbocycles. The molecule has 1 amide bonds. The highest BCUT2D eigenvalue weighted by molar-refractivity contribution is 5.82. The Morgan fingerprint density at radius 1 is 1.03 bits per heavy atom. The lowest BCUT2D eigenvalue weighted by Gasteiger charge is -2.45. The van der Waals surface area contributed by atoms with Crippen LogP contribution in [0, 0.1) is 17.7 Å². The molecule has 0 aromatic heterocycles. The maximum absolute atomic E-state index is 13.5. The molecule has 2 aliphatic rings. The van der Waals surface area contributed by atoms with Crippen LogP contribution in [0.5, 0.6) is 5.75 Å². The van der Waals surface area contributed by atoms with Crippen molar-refractivity contribution in [1.82, 2.24) is 15.3 Å². The molecule has 2 aromatic carbocycles. The summed E-state index contributed by atoms with van der Waals surface area (Å²) in [7, 11) is 0. The Labute approximate surface area is 190 Å². The standard InChI is InChI=1S/C26H34FN3O2/c1-19(2)18-32-24-10-6-21(7-11-24)16-29-25(31)20(3)26(12-14-28-15-13-26)30(29)17-22-4-8-23(27)9-5-22/h4-11,19-20,28H,12-18H2,1-3H3. The van der Waals surface area contributed by atoms with E-state index in [2.05, 4.69) is 31.1 Å². The summed E-state index contributed by atoms with van der Waals surface area (Å²) in [5.41, 5.74) is 1.86. The summed E-state index contributed by atoms with van der Waals surface area (Å²) in [6.07, 6.45) is 1.83. The molecule has 0 bridgehead atoms. The van der Waals surface area contributed by atoms with E-state index < -0.39 is 0 Å². The van der Waals surface area contributed by atoms with Gasteiger partial charge in [0.2, 0.25) is 5.91 Å². The van der Waals surface area contributed by atoms with Crippen LogP contribution in [-0.4, -0.2) is 41.2 Å². The summed E-state index contributed by atoms with van der Waals surface area (Å²) in [5.74, 6) is 1.15. The smallest absolute Gasteiger partial charge is 0.241 e. The van der Waals surface area contributed by atoms with E-state index in [4.69, 9.17) is 4.74 Å². The van der Waals surface area contributed by atoms with Gasteiger partial charge >= 0.3 is 0 Å². The summed E-state index contributed by atoms with van der Waals surface area (Å²) in [5, 5.41) is 7.61. The quantitative estimate of drug-likeness (QED) is 0.696. The number of nitrogens with one attached hydrogen (secondary N) is 1. The number of ether oxygens (including phenoxy) is 1. The first-order chi connectivity index (χ1) is 15.4. The largest absolute Gasteiger partial charge is 0.493 e. The fourth-order valence-electron chi connectivity index (χ4n) is 4.88. The molecule has 5 nitrogen and oxygen atoms in total. The summed E-state index contributed by atoms with van der Waals surface area (Å²) >= 11 is 0. The van der Waals surface area contributed by atoms with Crippen LogP contribution in [0.2, 0.25) is 0 Å². The zero-order valence-electron chi connectivity index (χ0n) is 19.3. The predicted molar refractivity (Wildman–Crippen MR) is 123 cm³/mol. The van der Waals surface area contributed by atoms with Gasteiger partial charge in [0.15, 0.2) is 0 Å². The summed E-state index contributed by atoms with van der Waals surface area (Å²) < 4.78 is 19.3. The van der Waals surface area contributed by atoms with E-state index in [0.717, 1.165) is 42.8 Å². The minimum Gasteiger partial charge on any atom is -0.493 e. The van der Waals surface area contributed by atoms with Gasteiger partial charge in [-0.3, -0.25) is 9.80 Å². The molecule has 2 saturated heterocycles. The monoisotopic (exact) mass is 439 g/mol. The fourth-order valence-corrected chi connectivity index (χ4v) is 4.88. The molecule has 0 aliphatic carbocycles. The highest BCUT2D eigenvalue weighted by Gasteiger charge is 2.55. The number of amides is 1. The predicted octanol–water partition coefficient (Wildman–Crippen LogP) is 4.38. The number of halogens is 1. The number of hydrogen-bond donors (Lipinski definition) is 1. The normalized spacial score (nSPS) is 21.0. The van der Waals surface area contributed by atoms with E-state index in [9.17, 15) is 9.18 Å². The van der Waals surface area contributed by atoms with Gasteiger partial charge < -0.3 is 10.1 Å². The lowest BCUT2D eigenvalue weighted by molar-refractivity contribution is -0.145. The maximum Gasteiger partial charge on any atom is 0.241 e.